The average molecular weight is 452 g/mol. The maximum Gasteiger partial charge on any atom is 0.234 e. The number of nitriles is 1. The number of nitrogens with one attached hydrogen (secondary N) is 2. The maximum absolute atomic E-state index is 12.6. The molecule has 5 nitrogen and oxygen atoms in total. The van der Waals surface area contributed by atoms with E-state index in [1.54, 1.807) is 11.8 Å². The van der Waals surface area contributed by atoms with Gasteiger partial charge in [-0.2, -0.15) is 5.26 Å². The zero-order valence-corrected chi connectivity index (χ0v) is 19.7. The maximum atomic E-state index is 12.6. The first-order valence-electron chi connectivity index (χ1n) is 9.91. The van der Waals surface area contributed by atoms with Gasteiger partial charge in [0, 0.05) is 22.9 Å². The topological polar surface area (TPSA) is 82.0 Å². The average Bonchev–Trinajstić information content (AvgIpc) is 2.74. The Kier molecular flexibility index (Phi) is 7.47. The lowest BCUT2D eigenvalue weighted by atomic mass is 9.87. The summed E-state index contributed by atoms with van der Waals surface area (Å²) < 4.78 is 0. The van der Waals surface area contributed by atoms with E-state index < -0.39 is 0 Å². The highest BCUT2D eigenvalue weighted by atomic mass is 32.2. The molecule has 31 heavy (non-hydrogen) atoms. The Balaban J connectivity index is 1.77. The Morgan fingerprint density at radius 2 is 1.84 bits per heavy atom. The molecule has 0 radical (unpaired) electrons. The molecule has 1 aliphatic heterocycles. The highest BCUT2D eigenvalue weighted by Gasteiger charge is 2.30. The second-order valence-electron chi connectivity index (χ2n) is 7.54. The number of nitrogens with zero attached hydrogens (tertiary/aromatic N) is 1. The van der Waals surface area contributed by atoms with Crippen molar-refractivity contribution < 1.29 is 9.59 Å². The van der Waals surface area contributed by atoms with E-state index in [-0.39, 0.29) is 29.9 Å². The fraction of sp³-hybridized carbons (Fsp3) is 0.292. The number of carbonyl (C=O) groups excluding carboxylic acids is 2. The van der Waals surface area contributed by atoms with Crippen molar-refractivity contribution in [3.8, 4) is 6.07 Å². The number of hydrogen-bond acceptors (Lipinski definition) is 5. The van der Waals surface area contributed by atoms with E-state index in [2.05, 4.69) is 16.7 Å². The number of thioether (sulfide) groups is 2. The predicted molar refractivity (Wildman–Crippen MR) is 128 cm³/mol. The summed E-state index contributed by atoms with van der Waals surface area (Å²) in [5.74, 6) is -0.524. The molecule has 0 bridgehead atoms. The summed E-state index contributed by atoms with van der Waals surface area (Å²) in [6, 6.07) is 14.2. The molecule has 160 valence electrons. The molecule has 3 rings (SSSR count). The van der Waals surface area contributed by atoms with Gasteiger partial charge in [-0.15, -0.1) is 11.8 Å². The van der Waals surface area contributed by atoms with Crippen LogP contribution in [0.3, 0.4) is 0 Å². The summed E-state index contributed by atoms with van der Waals surface area (Å²) in [5, 5.41) is 16.0. The molecule has 0 fully saturated rings. The summed E-state index contributed by atoms with van der Waals surface area (Å²) >= 11 is 2.83. The van der Waals surface area contributed by atoms with Crippen LogP contribution in [-0.4, -0.2) is 23.8 Å². The van der Waals surface area contributed by atoms with Crippen LogP contribution in [-0.2, 0) is 9.59 Å². The second-order valence-corrected chi connectivity index (χ2v) is 9.41. The Labute approximate surface area is 191 Å². The van der Waals surface area contributed by atoms with Crippen molar-refractivity contribution in [2.45, 2.75) is 38.0 Å². The Bertz CT molecular complexity index is 1060. The van der Waals surface area contributed by atoms with Gasteiger partial charge in [0.1, 0.15) is 0 Å². The first kappa shape index (κ1) is 23.0. The molecule has 7 heteroatoms. The first-order chi connectivity index (χ1) is 14.8. The molecule has 2 N–H and O–H groups in total. The van der Waals surface area contributed by atoms with Gasteiger partial charge in [-0.1, -0.05) is 41.6 Å². The minimum absolute atomic E-state index is 0.103. The Morgan fingerprint density at radius 3 is 2.42 bits per heavy atom. The predicted octanol–water partition coefficient (Wildman–Crippen LogP) is 5.04. The van der Waals surface area contributed by atoms with E-state index in [1.165, 1.54) is 11.8 Å². The third kappa shape index (κ3) is 5.52. The number of hydrogen-bond donors (Lipinski definition) is 2. The fourth-order valence-electron chi connectivity index (χ4n) is 3.74. The van der Waals surface area contributed by atoms with Gasteiger partial charge in [-0.3, -0.25) is 9.59 Å². The number of amides is 2. The van der Waals surface area contributed by atoms with Crippen LogP contribution < -0.4 is 10.6 Å². The van der Waals surface area contributed by atoms with Crippen molar-refractivity contribution in [3.05, 3.63) is 69.3 Å². The lowest BCUT2D eigenvalue weighted by Gasteiger charge is -2.25. The van der Waals surface area contributed by atoms with Gasteiger partial charge in [0.15, 0.2) is 0 Å². The summed E-state index contributed by atoms with van der Waals surface area (Å²) in [7, 11) is 0. The first-order valence-corrected chi connectivity index (χ1v) is 12.1. The molecule has 1 atom stereocenters. The van der Waals surface area contributed by atoms with E-state index in [4.69, 9.17) is 0 Å². The van der Waals surface area contributed by atoms with E-state index in [1.807, 2.05) is 63.4 Å². The molecule has 0 aromatic heterocycles. The Hall–Kier alpha value is -2.69. The van der Waals surface area contributed by atoms with Gasteiger partial charge in [-0.25, -0.2) is 0 Å². The SMILES string of the molecule is CSc1ccc([C@@H]2CC(=O)NC(SCC(=O)Nc3c(C)cc(C)cc3C)=C2C#N)cc1. The molecule has 0 unspecified atom stereocenters. The van der Waals surface area contributed by atoms with Crippen molar-refractivity contribution in [1.82, 2.24) is 5.32 Å². The minimum atomic E-state index is -0.304. The van der Waals surface area contributed by atoms with E-state index in [0.717, 1.165) is 32.8 Å². The summed E-state index contributed by atoms with van der Waals surface area (Å²) in [4.78, 5) is 26.0. The van der Waals surface area contributed by atoms with Crippen LogP contribution in [0, 0.1) is 32.1 Å². The molecular formula is C24H25N3O2S2. The van der Waals surface area contributed by atoms with Gasteiger partial charge in [-0.05, 0) is 55.9 Å². The van der Waals surface area contributed by atoms with Gasteiger partial charge in [0.25, 0.3) is 0 Å². The van der Waals surface area contributed by atoms with Crippen molar-refractivity contribution in [3.63, 3.8) is 0 Å². The largest absolute Gasteiger partial charge is 0.325 e. The number of anilines is 1. The van der Waals surface area contributed by atoms with E-state index in [9.17, 15) is 14.9 Å². The lowest BCUT2D eigenvalue weighted by Crippen LogP contribution is -2.31. The molecule has 0 spiro atoms. The molecule has 0 aliphatic carbocycles. The monoisotopic (exact) mass is 451 g/mol. The quantitative estimate of drug-likeness (QED) is 0.601. The van der Waals surface area contributed by atoms with Crippen LogP contribution in [0.1, 0.15) is 34.6 Å². The number of rotatable bonds is 6. The van der Waals surface area contributed by atoms with Crippen molar-refractivity contribution in [2.24, 2.45) is 0 Å². The number of aryl methyl sites for hydroxylation is 3. The number of carbonyl (C=O) groups is 2. The fourth-order valence-corrected chi connectivity index (χ4v) is 5.03. The smallest absolute Gasteiger partial charge is 0.234 e. The van der Waals surface area contributed by atoms with Crippen LogP contribution in [0.25, 0.3) is 0 Å². The van der Waals surface area contributed by atoms with Crippen LogP contribution in [0.4, 0.5) is 5.69 Å². The minimum Gasteiger partial charge on any atom is -0.325 e. The molecule has 2 aromatic carbocycles. The molecule has 2 aromatic rings. The molecule has 1 heterocycles. The number of benzene rings is 2. The van der Waals surface area contributed by atoms with Crippen molar-refractivity contribution in [2.75, 3.05) is 17.3 Å². The highest BCUT2D eigenvalue weighted by Crippen LogP contribution is 2.36. The number of allylic oxidation sites excluding steroid dienone is 1. The molecule has 0 saturated carbocycles. The third-order valence-electron chi connectivity index (χ3n) is 5.16. The summed E-state index contributed by atoms with van der Waals surface area (Å²) in [5.41, 5.74) is 5.40. The molecular weight excluding hydrogens is 426 g/mol. The molecule has 2 amide bonds. The molecule has 0 saturated heterocycles. The van der Waals surface area contributed by atoms with Crippen LogP contribution >= 0.6 is 23.5 Å². The lowest BCUT2D eigenvalue weighted by molar-refractivity contribution is -0.121. The van der Waals surface area contributed by atoms with Crippen LogP contribution in [0.2, 0.25) is 0 Å². The van der Waals surface area contributed by atoms with Crippen LogP contribution in [0.15, 0.2) is 51.9 Å². The van der Waals surface area contributed by atoms with Gasteiger partial charge in [0.05, 0.1) is 22.4 Å². The standard InChI is InChI=1S/C24H25N3O2S2/c1-14-9-15(2)23(16(3)10-14)26-22(29)13-31-24-20(12-25)19(11-21(28)27-24)17-5-7-18(30-4)8-6-17/h5-10,19H,11,13H2,1-4H3,(H,26,29)(H,27,28)/t19-/m0/s1. The summed E-state index contributed by atoms with van der Waals surface area (Å²) in [6.07, 6.45) is 2.22. The normalized spacial score (nSPS) is 16.0. The van der Waals surface area contributed by atoms with Gasteiger partial charge >= 0.3 is 0 Å². The van der Waals surface area contributed by atoms with Crippen LogP contribution in [0.5, 0.6) is 0 Å². The van der Waals surface area contributed by atoms with Crippen molar-refractivity contribution >= 4 is 41.0 Å². The molecule has 1 aliphatic rings. The summed E-state index contributed by atoms with van der Waals surface area (Å²) in [6.45, 7) is 5.95. The Morgan fingerprint density at radius 1 is 1.19 bits per heavy atom. The van der Waals surface area contributed by atoms with Crippen molar-refractivity contribution in [1.29, 1.82) is 5.26 Å². The van der Waals surface area contributed by atoms with E-state index in [0.29, 0.717) is 10.6 Å². The second kappa shape index (κ2) is 10.1. The zero-order chi connectivity index (χ0) is 22.5. The third-order valence-corrected chi connectivity index (χ3v) is 6.92. The highest BCUT2D eigenvalue weighted by molar-refractivity contribution is 8.03. The van der Waals surface area contributed by atoms with Gasteiger partial charge in [0.2, 0.25) is 11.8 Å². The van der Waals surface area contributed by atoms with E-state index >= 15 is 0 Å². The van der Waals surface area contributed by atoms with Gasteiger partial charge < -0.3 is 10.6 Å². The zero-order valence-electron chi connectivity index (χ0n) is 18.0.